The predicted molar refractivity (Wildman–Crippen MR) is 129 cm³/mol. The van der Waals surface area contributed by atoms with Gasteiger partial charge in [0.25, 0.3) is 0 Å². The average molecular weight is 452 g/mol. The molecule has 3 aliphatic rings. The van der Waals surface area contributed by atoms with Gasteiger partial charge in [0.15, 0.2) is 5.82 Å². The van der Waals surface area contributed by atoms with Gasteiger partial charge in [-0.25, -0.2) is 14.8 Å². The van der Waals surface area contributed by atoms with Crippen LogP contribution in [-0.2, 0) is 17.7 Å². The first-order valence-electron chi connectivity index (χ1n) is 12.0. The molecule has 0 aliphatic carbocycles. The average Bonchev–Trinajstić information content (AvgIpc) is 2.78. The summed E-state index contributed by atoms with van der Waals surface area (Å²) in [5.41, 5.74) is 4.11. The van der Waals surface area contributed by atoms with Gasteiger partial charge < -0.3 is 25.6 Å². The molecule has 2 fully saturated rings. The molecule has 4 heterocycles. The highest BCUT2D eigenvalue weighted by atomic mass is 16.5. The number of morpholine rings is 1. The standard InChI is InChI=1S/C24H33N7O2/c1-3-26-24(32)27-18-6-4-17(5-7-18)22-28-21-14-30(19-12-25-13-19)9-8-20(21)23(29-22)31-10-11-33-15-16(31)2/h4-7,16,19,25H,3,8-15H2,1-2H3,(H2,26,27,32). The third-order valence-electron chi connectivity index (χ3n) is 6.73. The van der Waals surface area contributed by atoms with Gasteiger partial charge >= 0.3 is 6.03 Å². The SMILES string of the molecule is CCNC(=O)Nc1ccc(-c2nc3c(c(N4CCOCC4C)n2)CCN(C2CNC2)C3)cc1. The van der Waals surface area contributed by atoms with E-state index < -0.39 is 0 Å². The van der Waals surface area contributed by atoms with Crippen molar-refractivity contribution in [2.24, 2.45) is 0 Å². The molecule has 2 saturated heterocycles. The Hall–Kier alpha value is -2.75. The summed E-state index contributed by atoms with van der Waals surface area (Å²) in [6, 6.07) is 8.43. The van der Waals surface area contributed by atoms with Gasteiger partial charge in [-0.05, 0) is 44.5 Å². The normalized spacial score (nSPS) is 21.3. The Morgan fingerprint density at radius 1 is 1.21 bits per heavy atom. The molecule has 176 valence electrons. The van der Waals surface area contributed by atoms with Gasteiger partial charge in [-0.15, -0.1) is 0 Å². The lowest BCUT2D eigenvalue weighted by molar-refractivity contribution is 0.0980. The smallest absolute Gasteiger partial charge is 0.319 e. The van der Waals surface area contributed by atoms with Crippen LogP contribution in [0, 0.1) is 0 Å². The summed E-state index contributed by atoms with van der Waals surface area (Å²) in [6.45, 7) is 11.0. The molecular formula is C24H33N7O2. The lowest BCUT2D eigenvalue weighted by atomic mass is 10.00. The summed E-state index contributed by atoms with van der Waals surface area (Å²) in [6.07, 6.45) is 0.973. The van der Waals surface area contributed by atoms with Crippen molar-refractivity contribution in [2.75, 3.05) is 56.2 Å². The Balaban J connectivity index is 1.47. The van der Waals surface area contributed by atoms with Crippen LogP contribution < -0.4 is 20.9 Å². The molecule has 1 unspecified atom stereocenters. The van der Waals surface area contributed by atoms with Crippen LogP contribution in [0.25, 0.3) is 11.4 Å². The van der Waals surface area contributed by atoms with Crippen molar-refractivity contribution in [3.63, 3.8) is 0 Å². The third-order valence-corrected chi connectivity index (χ3v) is 6.73. The van der Waals surface area contributed by atoms with E-state index in [-0.39, 0.29) is 12.1 Å². The highest BCUT2D eigenvalue weighted by Crippen LogP contribution is 2.32. The van der Waals surface area contributed by atoms with Gasteiger partial charge in [-0.3, -0.25) is 4.90 Å². The van der Waals surface area contributed by atoms with Crippen molar-refractivity contribution < 1.29 is 9.53 Å². The fraction of sp³-hybridized carbons (Fsp3) is 0.542. The number of carbonyl (C=O) groups excluding carboxylic acids is 1. The van der Waals surface area contributed by atoms with E-state index in [9.17, 15) is 4.79 Å². The van der Waals surface area contributed by atoms with Crippen molar-refractivity contribution in [2.45, 2.75) is 38.9 Å². The Bertz CT molecular complexity index is 993. The van der Waals surface area contributed by atoms with E-state index in [1.54, 1.807) is 0 Å². The van der Waals surface area contributed by atoms with Gasteiger partial charge in [-0.2, -0.15) is 0 Å². The first kappa shape index (κ1) is 22.1. The minimum atomic E-state index is -0.204. The van der Waals surface area contributed by atoms with Gasteiger partial charge in [0.1, 0.15) is 5.82 Å². The summed E-state index contributed by atoms with van der Waals surface area (Å²) in [5.74, 6) is 1.79. The van der Waals surface area contributed by atoms with E-state index in [0.29, 0.717) is 19.2 Å². The van der Waals surface area contributed by atoms with Crippen molar-refractivity contribution in [3.05, 3.63) is 35.5 Å². The maximum absolute atomic E-state index is 11.8. The monoisotopic (exact) mass is 451 g/mol. The van der Waals surface area contributed by atoms with Gasteiger partial charge in [0, 0.05) is 62.1 Å². The number of urea groups is 1. The molecule has 3 aliphatic heterocycles. The molecule has 0 bridgehead atoms. The lowest BCUT2D eigenvalue weighted by Crippen LogP contribution is -2.58. The fourth-order valence-corrected chi connectivity index (χ4v) is 4.72. The number of fused-ring (bicyclic) bond motifs is 1. The molecule has 0 spiro atoms. The Morgan fingerprint density at radius 2 is 2.03 bits per heavy atom. The maximum Gasteiger partial charge on any atom is 0.319 e. The number of aromatic nitrogens is 2. The molecular weight excluding hydrogens is 418 g/mol. The van der Waals surface area contributed by atoms with E-state index >= 15 is 0 Å². The van der Waals surface area contributed by atoms with Crippen LogP contribution in [0.2, 0.25) is 0 Å². The highest BCUT2D eigenvalue weighted by Gasteiger charge is 2.32. The summed E-state index contributed by atoms with van der Waals surface area (Å²) < 4.78 is 5.69. The number of rotatable bonds is 5. The van der Waals surface area contributed by atoms with Crippen LogP contribution in [0.5, 0.6) is 0 Å². The minimum absolute atomic E-state index is 0.204. The third kappa shape index (κ3) is 4.66. The number of nitrogens with zero attached hydrogens (tertiary/aromatic N) is 4. The van der Waals surface area contributed by atoms with Crippen LogP contribution in [0.4, 0.5) is 16.3 Å². The van der Waals surface area contributed by atoms with Crippen molar-refractivity contribution in [3.8, 4) is 11.4 Å². The van der Waals surface area contributed by atoms with Crippen molar-refractivity contribution >= 4 is 17.5 Å². The number of carbonyl (C=O) groups is 1. The summed E-state index contributed by atoms with van der Waals surface area (Å²) in [5, 5.41) is 8.98. The van der Waals surface area contributed by atoms with E-state index in [4.69, 9.17) is 14.7 Å². The number of nitrogens with one attached hydrogen (secondary N) is 3. The largest absolute Gasteiger partial charge is 0.377 e. The van der Waals surface area contributed by atoms with E-state index in [1.165, 1.54) is 5.56 Å². The van der Waals surface area contributed by atoms with Crippen LogP contribution in [0.15, 0.2) is 24.3 Å². The van der Waals surface area contributed by atoms with Crippen molar-refractivity contribution in [1.29, 1.82) is 0 Å². The number of ether oxygens (including phenoxy) is 1. The Labute approximate surface area is 194 Å². The molecule has 3 N–H and O–H groups in total. The number of anilines is 2. The second kappa shape index (κ2) is 9.62. The molecule has 2 amide bonds. The zero-order chi connectivity index (χ0) is 22.8. The molecule has 2 aromatic rings. The van der Waals surface area contributed by atoms with Crippen LogP contribution in [0.3, 0.4) is 0 Å². The van der Waals surface area contributed by atoms with Crippen LogP contribution in [-0.4, -0.2) is 78.9 Å². The van der Waals surface area contributed by atoms with Gasteiger partial charge in [-0.1, -0.05) is 0 Å². The van der Waals surface area contributed by atoms with E-state index in [0.717, 1.165) is 74.3 Å². The quantitative estimate of drug-likeness (QED) is 0.639. The molecule has 1 atom stereocenters. The molecule has 1 aromatic heterocycles. The predicted octanol–water partition coefficient (Wildman–Crippen LogP) is 1.84. The molecule has 5 rings (SSSR count). The molecule has 33 heavy (non-hydrogen) atoms. The van der Waals surface area contributed by atoms with E-state index in [1.807, 2.05) is 31.2 Å². The molecule has 1 aromatic carbocycles. The van der Waals surface area contributed by atoms with Crippen molar-refractivity contribution in [1.82, 2.24) is 25.5 Å². The number of benzene rings is 1. The second-order valence-electron chi connectivity index (χ2n) is 9.01. The summed E-state index contributed by atoms with van der Waals surface area (Å²) >= 11 is 0. The van der Waals surface area contributed by atoms with Gasteiger partial charge in [0.05, 0.1) is 24.9 Å². The topological polar surface area (TPSA) is 94.7 Å². The highest BCUT2D eigenvalue weighted by molar-refractivity contribution is 5.89. The number of hydrogen-bond donors (Lipinski definition) is 3. The zero-order valence-corrected chi connectivity index (χ0v) is 19.4. The molecule has 9 heteroatoms. The van der Waals surface area contributed by atoms with Crippen LogP contribution in [0.1, 0.15) is 25.1 Å². The van der Waals surface area contributed by atoms with E-state index in [2.05, 4.69) is 32.7 Å². The molecule has 0 radical (unpaired) electrons. The first-order valence-corrected chi connectivity index (χ1v) is 12.0. The first-order chi connectivity index (χ1) is 16.1. The van der Waals surface area contributed by atoms with Crippen LogP contribution >= 0.6 is 0 Å². The zero-order valence-electron chi connectivity index (χ0n) is 19.4. The molecule has 0 saturated carbocycles. The number of hydrogen-bond acceptors (Lipinski definition) is 7. The Morgan fingerprint density at radius 3 is 2.73 bits per heavy atom. The van der Waals surface area contributed by atoms with Gasteiger partial charge in [0.2, 0.25) is 0 Å². The summed E-state index contributed by atoms with van der Waals surface area (Å²) in [7, 11) is 0. The minimum Gasteiger partial charge on any atom is -0.377 e. The number of amides is 2. The molecule has 9 nitrogen and oxygen atoms in total. The Kier molecular flexibility index (Phi) is 6.43. The fourth-order valence-electron chi connectivity index (χ4n) is 4.72. The summed E-state index contributed by atoms with van der Waals surface area (Å²) in [4.78, 5) is 26.9. The second-order valence-corrected chi connectivity index (χ2v) is 9.01. The maximum atomic E-state index is 11.8. The lowest BCUT2D eigenvalue weighted by Gasteiger charge is -2.42.